The minimum absolute atomic E-state index is 0.124. The van der Waals surface area contributed by atoms with E-state index in [0.29, 0.717) is 11.4 Å². The molecule has 0 radical (unpaired) electrons. The van der Waals surface area contributed by atoms with E-state index >= 15 is 0 Å². The number of pyridine rings is 2. The number of piperazine rings is 1. The maximum atomic E-state index is 13.2. The lowest BCUT2D eigenvalue weighted by molar-refractivity contribution is -0.112. The monoisotopic (exact) mass is 467 g/mol. The van der Waals surface area contributed by atoms with Crippen LogP contribution in [0.25, 0.3) is 5.52 Å². The number of fused-ring (bicyclic) bond motifs is 1. The van der Waals surface area contributed by atoms with E-state index in [1.165, 1.54) is 0 Å². The van der Waals surface area contributed by atoms with E-state index in [1.54, 1.807) is 4.40 Å². The number of nitrogens with one attached hydrogen (secondary N) is 1. The van der Waals surface area contributed by atoms with Crippen molar-refractivity contribution in [2.75, 3.05) is 41.3 Å². The van der Waals surface area contributed by atoms with Gasteiger partial charge in [-0.2, -0.15) is 0 Å². The third kappa shape index (κ3) is 4.62. The second-order valence-electron chi connectivity index (χ2n) is 9.09. The first-order chi connectivity index (χ1) is 17.0. The van der Waals surface area contributed by atoms with Crippen LogP contribution >= 0.6 is 0 Å². The molecule has 0 saturated carbocycles. The lowest BCUT2D eigenvalue weighted by Gasteiger charge is -2.36. The van der Waals surface area contributed by atoms with E-state index < -0.39 is 11.7 Å². The fraction of sp³-hybridized carbons (Fsp3) is 0.250. The molecule has 0 bridgehead atoms. The Kier molecular flexibility index (Phi) is 6.23. The number of hydrogen-bond donors (Lipinski definition) is 1. The Hall–Kier alpha value is -4.13. The minimum Gasteiger partial charge on any atom is -0.368 e. The number of carbonyl (C=O) groups is 2. The van der Waals surface area contributed by atoms with Crippen LogP contribution in [0.1, 0.15) is 35.8 Å². The molecule has 1 N–H and O–H groups in total. The van der Waals surface area contributed by atoms with Crippen molar-refractivity contribution in [3.63, 3.8) is 0 Å². The summed E-state index contributed by atoms with van der Waals surface area (Å²) in [5.41, 5.74) is 3.90. The summed E-state index contributed by atoms with van der Waals surface area (Å²) in [4.78, 5) is 35.1. The van der Waals surface area contributed by atoms with Crippen molar-refractivity contribution in [3.8, 4) is 0 Å². The number of amides is 1. The molecule has 7 heteroatoms. The first kappa shape index (κ1) is 22.7. The topological polar surface area (TPSA) is 70.0 Å². The van der Waals surface area contributed by atoms with Gasteiger partial charge in [0.25, 0.3) is 11.7 Å². The average Bonchev–Trinajstić information content (AvgIpc) is 3.29. The van der Waals surface area contributed by atoms with Crippen LogP contribution < -0.4 is 15.1 Å². The third-order valence-electron chi connectivity index (χ3n) is 6.50. The Morgan fingerprint density at radius 3 is 2.29 bits per heavy atom. The van der Waals surface area contributed by atoms with Crippen LogP contribution in [0.15, 0.2) is 79.1 Å². The van der Waals surface area contributed by atoms with E-state index in [4.69, 9.17) is 0 Å². The smallest absolute Gasteiger partial charge is 0.298 e. The molecule has 1 aromatic carbocycles. The molecule has 1 fully saturated rings. The van der Waals surface area contributed by atoms with Crippen molar-refractivity contribution >= 4 is 34.4 Å². The summed E-state index contributed by atoms with van der Waals surface area (Å²) in [5, 5.41) is 2.78. The van der Waals surface area contributed by atoms with Gasteiger partial charge in [0.1, 0.15) is 11.5 Å². The lowest BCUT2D eigenvalue weighted by atomic mass is 10.0. The van der Waals surface area contributed by atoms with E-state index in [1.807, 2.05) is 93.0 Å². The highest BCUT2D eigenvalue weighted by atomic mass is 16.2. The summed E-state index contributed by atoms with van der Waals surface area (Å²) in [6.45, 7) is 7.62. The molecule has 4 heterocycles. The van der Waals surface area contributed by atoms with Crippen LogP contribution in [0.5, 0.6) is 0 Å². The summed E-state index contributed by atoms with van der Waals surface area (Å²) in [5.74, 6) is -0.0348. The average molecular weight is 468 g/mol. The van der Waals surface area contributed by atoms with Gasteiger partial charge in [-0.3, -0.25) is 9.59 Å². The van der Waals surface area contributed by atoms with Gasteiger partial charge < -0.3 is 19.5 Å². The largest absolute Gasteiger partial charge is 0.368 e. The molecule has 1 saturated heterocycles. The van der Waals surface area contributed by atoms with Gasteiger partial charge in [0, 0.05) is 55.5 Å². The van der Waals surface area contributed by atoms with Crippen LogP contribution in [0.3, 0.4) is 0 Å². The van der Waals surface area contributed by atoms with E-state index in [2.05, 4.69) is 20.1 Å². The highest BCUT2D eigenvalue weighted by Crippen LogP contribution is 2.26. The molecule has 0 aliphatic carbocycles. The number of aromatic nitrogens is 2. The molecular formula is C28H29N5O2. The molecule has 0 atom stereocenters. The van der Waals surface area contributed by atoms with Crippen LogP contribution in [-0.4, -0.2) is 47.3 Å². The van der Waals surface area contributed by atoms with E-state index in [-0.39, 0.29) is 5.92 Å². The van der Waals surface area contributed by atoms with Gasteiger partial charge in [-0.15, -0.1) is 0 Å². The molecule has 0 spiro atoms. The molecule has 4 aromatic rings. The van der Waals surface area contributed by atoms with Gasteiger partial charge in [0.2, 0.25) is 0 Å². The molecule has 1 amide bonds. The van der Waals surface area contributed by atoms with E-state index in [0.717, 1.165) is 48.8 Å². The normalized spacial score (nSPS) is 13.9. The van der Waals surface area contributed by atoms with Crippen molar-refractivity contribution in [3.05, 3.63) is 90.4 Å². The molecule has 1 aliphatic rings. The minimum atomic E-state index is -0.632. The molecule has 35 heavy (non-hydrogen) atoms. The molecule has 1 aliphatic heterocycles. The Bertz CT molecular complexity index is 1340. The van der Waals surface area contributed by atoms with Crippen LogP contribution in [0.2, 0.25) is 0 Å². The maximum absolute atomic E-state index is 13.2. The molecular weight excluding hydrogens is 438 g/mol. The Labute approximate surface area is 205 Å². The molecule has 3 aromatic heterocycles. The Morgan fingerprint density at radius 1 is 0.886 bits per heavy atom. The Morgan fingerprint density at radius 2 is 1.60 bits per heavy atom. The fourth-order valence-electron chi connectivity index (χ4n) is 4.61. The predicted octanol–water partition coefficient (Wildman–Crippen LogP) is 4.61. The van der Waals surface area contributed by atoms with Crippen molar-refractivity contribution < 1.29 is 9.59 Å². The number of nitrogens with zero attached hydrogens (tertiary/aromatic N) is 4. The third-order valence-corrected chi connectivity index (χ3v) is 6.50. The fourth-order valence-corrected chi connectivity index (χ4v) is 4.61. The summed E-state index contributed by atoms with van der Waals surface area (Å²) in [7, 11) is 0. The number of rotatable bonds is 6. The molecule has 5 rings (SSSR count). The highest BCUT2D eigenvalue weighted by Gasteiger charge is 2.25. The first-order valence-corrected chi connectivity index (χ1v) is 12.0. The van der Waals surface area contributed by atoms with Crippen LogP contribution in [0.4, 0.5) is 17.2 Å². The summed E-state index contributed by atoms with van der Waals surface area (Å²) in [6, 6.07) is 21.4. The summed E-state index contributed by atoms with van der Waals surface area (Å²) >= 11 is 0. The number of ketones is 1. The first-order valence-electron chi connectivity index (χ1n) is 12.0. The number of carbonyl (C=O) groups excluding carboxylic acids is 2. The zero-order chi connectivity index (χ0) is 24.4. The van der Waals surface area contributed by atoms with Gasteiger partial charge in [-0.05, 0) is 66.1 Å². The maximum Gasteiger partial charge on any atom is 0.298 e. The summed E-state index contributed by atoms with van der Waals surface area (Å²) < 4.78 is 1.80. The molecule has 178 valence electrons. The van der Waals surface area contributed by atoms with Crippen molar-refractivity contribution in [1.82, 2.24) is 9.38 Å². The van der Waals surface area contributed by atoms with Gasteiger partial charge in [-0.25, -0.2) is 4.98 Å². The quantitative estimate of drug-likeness (QED) is 0.331. The lowest BCUT2D eigenvalue weighted by Crippen LogP contribution is -2.46. The SMILES string of the molecule is CC(C)c1cc2ccccn2c1C(=O)C(=O)Nc1ccc(N2CCN(c3ccccn3)CC2)cc1. The van der Waals surface area contributed by atoms with Crippen LogP contribution in [-0.2, 0) is 4.79 Å². The van der Waals surface area contributed by atoms with Gasteiger partial charge in [0.15, 0.2) is 0 Å². The number of Topliss-reactive ketones (excluding diaryl/α,β-unsaturated/α-hetero) is 1. The second kappa shape index (κ2) is 9.62. The zero-order valence-electron chi connectivity index (χ0n) is 20.0. The van der Waals surface area contributed by atoms with Gasteiger partial charge in [0.05, 0.1) is 0 Å². The van der Waals surface area contributed by atoms with Crippen molar-refractivity contribution in [2.45, 2.75) is 19.8 Å². The van der Waals surface area contributed by atoms with Crippen molar-refractivity contribution in [2.24, 2.45) is 0 Å². The number of hydrogen-bond acceptors (Lipinski definition) is 5. The zero-order valence-corrected chi connectivity index (χ0v) is 20.0. The van der Waals surface area contributed by atoms with Gasteiger partial charge >= 0.3 is 0 Å². The van der Waals surface area contributed by atoms with Crippen LogP contribution in [0, 0.1) is 0 Å². The molecule has 0 unspecified atom stereocenters. The predicted molar refractivity (Wildman–Crippen MR) is 140 cm³/mol. The highest BCUT2D eigenvalue weighted by molar-refractivity contribution is 6.46. The number of anilines is 3. The second-order valence-corrected chi connectivity index (χ2v) is 9.09. The van der Waals surface area contributed by atoms with Gasteiger partial charge in [-0.1, -0.05) is 26.0 Å². The van der Waals surface area contributed by atoms with Crippen molar-refractivity contribution in [1.29, 1.82) is 0 Å². The van der Waals surface area contributed by atoms with E-state index in [9.17, 15) is 9.59 Å². The standard InChI is InChI=1S/C28H29N5O2/c1-20(2)24-19-23-7-4-6-14-33(23)26(24)27(34)28(35)30-21-9-11-22(12-10-21)31-15-17-32(18-16-31)25-8-3-5-13-29-25/h3-14,19-20H,15-18H2,1-2H3,(H,30,35). The number of benzene rings is 1. The molecule has 7 nitrogen and oxygen atoms in total. The Balaban J connectivity index is 1.25. The summed E-state index contributed by atoms with van der Waals surface area (Å²) in [6.07, 6.45) is 3.65.